The average molecular weight is 487 g/mol. The molecule has 10 heteroatoms. The van der Waals surface area contributed by atoms with E-state index in [0.717, 1.165) is 0 Å². The van der Waals surface area contributed by atoms with Crippen molar-refractivity contribution in [1.29, 1.82) is 0 Å². The zero-order valence-corrected chi connectivity index (χ0v) is 20.1. The standard InChI is InChI=1S/C25H30N2O8/c1-4-32-20-13-12-18(14-21(20)33-5-2)25(31)26-15-23(29)35-17-22(28)27(16-24(30)34-6-3)19-10-8-7-9-11-19/h7-14H,4-6,15-17H2,1-3H3,(H,26,31). The summed E-state index contributed by atoms with van der Waals surface area (Å²) >= 11 is 0. The Kier molecular flexibility index (Phi) is 11.1. The lowest BCUT2D eigenvalue weighted by atomic mass is 10.2. The predicted molar refractivity (Wildman–Crippen MR) is 128 cm³/mol. The van der Waals surface area contributed by atoms with Crippen molar-refractivity contribution in [2.24, 2.45) is 0 Å². The van der Waals surface area contributed by atoms with Crippen LogP contribution in [0.15, 0.2) is 48.5 Å². The summed E-state index contributed by atoms with van der Waals surface area (Å²) in [6.07, 6.45) is 0. The van der Waals surface area contributed by atoms with E-state index >= 15 is 0 Å². The topological polar surface area (TPSA) is 120 Å². The minimum atomic E-state index is -0.813. The van der Waals surface area contributed by atoms with Gasteiger partial charge in [-0.2, -0.15) is 0 Å². The van der Waals surface area contributed by atoms with E-state index in [4.69, 9.17) is 18.9 Å². The molecule has 0 spiro atoms. The second-order valence-electron chi connectivity index (χ2n) is 6.99. The molecule has 0 atom stereocenters. The molecule has 0 saturated heterocycles. The highest BCUT2D eigenvalue weighted by molar-refractivity contribution is 5.99. The van der Waals surface area contributed by atoms with Gasteiger partial charge in [0.15, 0.2) is 18.1 Å². The number of nitrogens with zero attached hydrogens (tertiary/aromatic N) is 1. The van der Waals surface area contributed by atoms with E-state index in [-0.39, 0.29) is 18.7 Å². The average Bonchev–Trinajstić information content (AvgIpc) is 2.86. The van der Waals surface area contributed by atoms with Crippen LogP contribution in [0.4, 0.5) is 5.69 Å². The van der Waals surface area contributed by atoms with E-state index in [1.54, 1.807) is 49.4 Å². The molecule has 0 aromatic heterocycles. The van der Waals surface area contributed by atoms with Crippen LogP contribution in [0.1, 0.15) is 31.1 Å². The third-order valence-electron chi connectivity index (χ3n) is 4.52. The fourth-order valence-electron chi connectivity index (χ4n) is 2.99. The fraction of sp³-hybridized carbons (Fsp3) is 0.360. The van der Waals surface area contributed by atoms with E-state index < -0.39 is 36.9 Å². The molecule has 2 aromatic rings. The summed E-state index contributed by atoms with van der Waals surface area (Å²) in [7, 11) is 0. The Labute approximate surface area is 204 Å². The molecule has 2 amide bonds. The van der Waals surface area contributed by atoms with Crippen LogP contribution in [0.2, 0.25) is 0 Å². The van der Waals surface area contributed by atoms with Crippen molar-refractivity contribution in [3.63, 3.8) is 0 Å². The number of carbonyl (C=O) groups excluding carboxylic acids is 4. The summed E-state index contributed by atoms with van der Waals surface area (Å²) in [5.74, 6) is -1.62. The number of benzene rings is 2. The first kappa shape index (κ1) is 27.2. The van der Waals surface area contributed by atoms with Crippen LogP contribution in [0, 0.1) is 0 Å². The van der Waals surface area contributed by atoms with Crippen molar-refractivity contribution in [1.82, 2.24) is 5.32 Å². The van der Waals surface area contributed by atoms with Crippen molar-refractivity contribution in [3.8, 4) is 11.5 Å². The summed E-state index contributed by atoms with van der Waals surface area (Å²) in [4.78, 5) is 50.3. The highest BCUT2D eigenvalue weighted by Gasteiger charge is 2.21. The second-order valence-corrected chi connectivity index (χ2v) is 6.99. The molecule has 0 fully saturated rings. The predicted octanol–water partition coefficient (Wildman–Crippen LogP) is 2.35. The number of ether oxygens (including phenoxy) is 4. The third kappa shape index (κ3) is 8.65. The number of esters is 2. The molecule has 2 aromatic carbocycles. The van der Waals surface area contributed by atoms with Gasteiger partial charge in [0.2, 0.25) is 0 Å². The smallest absolute Gasteiger partial charge is 0.326 e. The highest BCUT2D eigenvalue weighted by atomic mass is 16.5. The van der Waals surface area contributed by atoms with Crippen LogP contribution in [-0.2, 0) is 23.9 Å². The van der Waals surface area contributed by atoms with Gasteiger partial charge < -0.3 is 24.3 Å². The molecule has 188 valence electrons. The zero-order valence-electron chi connectivity index (χ0n) is 20.1. The van der Waals surface area contributed by atoms with E-state index in [0.29, 0.717) is 30.4 Å². The molecule has 0 aliphatic carbocycles. The molecule has 0 heterocycles. The van der Waals surface area contributed by atoms with Crippen molar-refractivity contribution >= 4 is 29.4 Å². The Morgan fingerprint density at radius 2 is 1.49 bits per heavy atom. The van der Waals surface area contributed by atoms with Gasteiger partial charge in [0.25, 0.3) is 11.8 Å². The molecule has 2 rings (SSSR count). The normalized spacial score (nSPS) is 10.1. The van der Waals surface area contributed by atoms with Crippen molar-refractivity contribution in [2.45, 2.75) is 20.8 Å². The number of rotatable bonds is 13. The van der Waals surface area contributed by atoms with E-state index in [1.807, 2.05) is 13.8 Å². The van der Waals surface area contributed by atoms with E-state index in [2.05, 4.69) is 5.32 Å². The summed E-state index contributed by atoms with van der Waals surface area (Å²) in [5, 5.41) is 2.44. The van der Waals surface area contributed by atoms with Gasteiger partial charge in [0, 0.05) is 11.3 Å². The Hall–Kier alpha value is -4.08. The molecule has 0 radical (unpaired) electrons. The van der Waals surface area contributed by atoms with Gasteiger partial charge in [0.1, 0.15) is 13.1 Å². The molecular formula is C25H30N2O8. The Morgan fingerprint density at radius 1 is 0.800 bits per heavy atom. The SMILES string of the molecule is CCOC(=O)CN(C(=O)COC(=O)CNC(=O)c1ccc(OCC)c(OCC)c1)c1ccccc1. The van der Waals surface area contributed by atoms with Crippen LogP contribution >= 0.6 is 0 Å². The zero-order chi connectivity index (χ0) is 25.6. The summed E-state index contributed by atoms with van der Waals surface area (Å²) in [6, 6.07) is 13.2. The molecular weight excluding hydrogens is 456 g/mol. The van der Waals surface area contributed by atoms with Gasteiger partial charge in [-0.25, -0.2) is 0 Å². The summed E-state index contributed by atoms with van der Waals surface area (Å²) < 4.78 is 20.9. The number of carbonyl (C=O) groups is 4. The lowest BCUT2D eigenvalue weighted by Crippen LogP contribution is -2.40. The minimum absolute atomic E-state index is 0.171. The lowest BCUT2D eigenvalue weighted by Gasteiger charge is -2.21. The monoisotopic (exact) mass is 486 g/mol. The minimum Gasteiger partial charge on any atom is -0.490 e. The molecule has 10 nitrogen and oxygen atoms in total. The molecule has 0 bridgehead atoms. The van der Waals surface area contributed by atoms with Crippen molar-refractivity contribution in [2.75, 3.05) is 44.4 Å². The largest absolute Gasteiger partial charge is 0.490 e. The highest BCUT2D eigenvalue weighted by Crippen LogP contribution is 2.28. The number of hydrogen-bond acceptors (Lipinski definition) is 8. The van der Waals surface area contributed by atoms with Crippen molar-refractivity contribution < 1.29 is 38.1 Å². The van der Waals surface area contributed by atoms with E-state index in [1.165, 1.54) is 11.0 Å². The van der Waals surface area contributed by atoms with Crippen LogP contribution in [-0.4, -0.2) is 63.3 Å². The first-order valence-corrected chi connectivity index (χ1v) is 11.2. The lowest BCUT2D eigenvalue weighted by molar-refractivity contribution is -0.147. The Morgan fingerprint density at radius 3 is 2.14 bits per heavy atom. The number of para-hydroxylation sites is 1. The molecule has 0 aliphatic rings. The molecule has 0 aliphatic heterocycles. The van der Waals surface area contributed by atoms with Gasteiger partial charge in [-0.05, 0) is 51.1 Å². The van der Waals surface area contributed by atoms with Gasteiger partial charge >= 0.3 is 11.9 Å². The number of anilines is 1. The number of nitrogens with one attached hydrogen (secondary N) is 1. The summed E-state index contributed by atoms with van der Waals surface area (Å²) in [5.41, 5.74) is 0.723. The van der Waals surface area contributed by atoms with Crippen LogP contribution < -0.4 is 19.7 Å². The Bertz CT molecular complexity index is 1010. The van der Waals surface area contributed by atoms with Crippen LogP contribution in [0.25, 0.3) is 0 Å². The maximum Gasteiger partial charge on any atom is 0.326 e. The van der Waals surface area contributed by atoms with Gasteiger partial charge in [0.05, 0.1) is 19.8 Å². The van der Waals surface area contributed by atoms with E-state index in [9.17, 15) is 19.2 Å². The molecule has 0 unspecified atom stereocenters. The number of hydrogen-bond donors (Lipinski definition) is 1. The maximum absolute atomic E-state index is 12.7. The number of amides is 2. The molecule has 0 saturated carbocycles. The van der Waals surface area contributed by atoms with Gasteiger partial charge in [-0.3, -0.25) is 24.1 Å². The molecule has 1 N–H and O–H groups in total. The van der Waals surface area contributed by atoms with Crippen molar-refractivity contribution in [3.05, 3.63) is 54.1 Å². The fourth-order valence-corrected chi connectivity index (χ4v) is 2.99. The molecule has 35 heavy (non-hydrogen) atoms. The quantitative estimate of drug-likeness (QED) is 0.429. The first-order valence-electron chi connectivity index (χ1n) is 11.2. The third-order valence-corrected chi connectivity index (χ3v) is 4.52. The first-order chi connectivity index (χ1) is 16.9. The van der Waals surface area contributed by atoms with Crippen LogP contribution in [0.5, 0.6) is 11.5 Å². The van der Waals surface area contributed by atoms with Gasteiger partial charge in [-0.1, -0.05) is 18.2 Å². The van der Waals surface area contributed by atoms with Crippen LogP contribution in [0.3, 0.4) is 0 Å². The summed E-state index contributed by atoms with van der Waals surface area (Å²) in [6.45, 7) is 4.92. The second kappa shape index (κ2) is 14.2. The Balaban J connectivity index is 1.93. The maximum atomic E-state index is 12.7. The van der Waals surface area contributed by atoms with Gasteiger partial charge in [-0.15, -0.1) is 0 Å².